The lowest BCUT2D eigenvalue weighted by Gasteiger charge is -2.11. The maximum atomic E-state index is 5.99. The highest BCUT2D eigenvalue weighted by atomic mass is 32.2. The van der Waals surface area contributed by atoms with Crippen molar-refractivity contribution in [2.75, 3.05) is 0 Å². The van der Waals surface area contributed by atoms with E-state index < -0.39 is 0 Å². The number of nitrogens with zero attached hydrogens (tertiary/aromatic N) is 2. The van der Waals surface area contributed by atoms with E-state index in [0.29, 0.717) is 6.61 Å². The molecule has 0 aliphatic rings. The molecule has 1 N–H and O–H groups in total. The smallest absolute Gasteiger partial charge is 0.166 e. The van der Waals surface area contributed by atoms with Crippen LogP contribution in [-0.4, -0.2) is 15.0 Å². The molecule has 0 bridgehead atoms. The molecule has 4 rings (SSSR count). The first-order chi connectivity index (χ1) is 12.8. The molecule has 4 aromatic rings. The largest absolute Gasteiger partial charge is 0.489 e. The summed E-state index contributed by atoms with van der Waals surface area (Å²) in [6, 6.07) is 20.2. The highest BCUT2D eigenvalue weighted by Crippen LogP contribution is 2.27. The van der Waals surface area contributed by atoms with Gasteiger partial charge in [0, 0.05) is 17.5 Å². The van der Waals surface area contributed by atoms with Crippen LogP contribution in [0, 0.1) is 6.92 Å². The van der Waals surface area contributed by atoms with E-state index in [0.717, 1.165) is 44.5 Å². The van der Waals surface area contributed by atoms with Gasteiger partial charge in [-0.1, -0.05) is 54.2 Å². The summed E-state index contributed by atoms with van der Waals surface area (Å²) in [6.45, 7) is 2.61. The average Bonchev–Trinajstić information content (AvgIpc) is 3.10. The third-order valence-electron chi connectivity index (χ3n) is 4.21. The standard InChI is InChI=1S/C21H19N3OS/c1-15-19(14-26-21-23-17-9-5-6-10-18(17)24-21)22-12-11-20(15)25-13-16-7-3-2-4-8-16/h2-12H,13-14H2,1H3,(H,23,24). The molecule has 0 saturated carbocycles. The first-order valence-corrected chi connectivity index (χ1v) is 9.47. The number of aromatic nitrogens is 3. The Hall–Kier alpha value is -2.79. The molecule has 4 nitrogen and oxygen atoms in total. The molecule has 0 aliphatic heterocycles. The van der Waals surface area contributed by atoms with Gasteiger partial charge in [0.25, 0.3) is 0 Å². The summed E-state index contributed by atoms with van der Waals surface area (Å²) in [5.41, 5.74) is 5.29. The first-order valence-electron chi connectivity index (χ1n) is 8.48. The predicted octanol–water partition coefficient (Wildman–Crippen LogP) is 5.14. The van der Waals surface area contributed by atoms with Gasteiger partial charge < -0.3 is 9.72 Å². The molecule has 2 aromatic carbocycles. The van der Waals surface area contributed by atoms with E-state index in [2.05, 4.69) is 34.0 Å². The Kier molecular flexibility index (Phi) is 4.88. The van der Waals surface area contributed by atoms with Gasteiger partial charge in [-0.15, -0.1) is 0 Å². The fourth-order valence-corrected chi connectivity index (χ4v) is 3.64. The summed E-state index contributed by atoms with van der Waals surface area (Å²) in [6.07, 6.45) is 1.81. The number of pyridine rings is 1. The second-order valence-electron chi connectivity index (χ2n) is 6.00. The van der Waals surface area contributed by atoms with Gasteiger partial charge in [0.2, 0.25) is 0 Å². The van der Waals surface area contributed by atoms with Gasteiger partial charge >= 0.3 is 0 Å². The summed E-state index contributed by atoms with van der Waals surface area (Å²) >= 11 is 1.65. The molecule has 2 heterocycles. The Morgan fingerprint density at radius 2 is 1.81 bits per heavy atom. The van der Waals surface area contributed by atoms with E-state index in [1.807, 2.05) is 54.7 Å². The summed E-state index contributed by atoms with van der Waals surface area (Å²) < 4.78 is 5.99. The predicted molar refractivity (Wildman–Crippen MR) is 105 cm³/mol. The Labute approximate surface area is 156 Å². The second kappa shape index (κ2) is 7.62. The summed E-state index contributed by atoms with van der Waals surface area (Å²) in [5.74, 6) is 1.62. The topological polar surface area (TPSA) is 50.8 Å². The second-order valence-corrected chi connectivity index (χ2v) is 6.97. The number of para-hydroxylation sites is 2. The zero-order chi connectivity index (χ0) is 17.8. The number of imidazole rings is 1. The van der Waals surface area contributed by atoms with Crippen molar-refractivity contribution < 1.29 is 4.74 Å². The minimum Gasteiger partial charge on any atom is -0.489 e. The van der Waals surface area contributed by atoms with Crippen LogP contribution in [0.4, 0.5) is 0 Å². The highest BCUT2D eigenvalue weighted by molar-refractivity contribution is 7.98. The molecule has 0 unspecified atom stereocenters. The van der Waals surface area contributed by atoms with Crippen molar-refractivity contribution >= 4 is 22.8 Å². The number of ether oxygens (including phenoxy) is 1. The minimum absolute atomic E-state index is 0.557. The number of thioether (sulfide) groups is 1. The lowest BCUT2D eigenvalue weighted by Crippen LogP contribution is -2.00. The summed E-state index contributed by atoms with van der Waals surface area (Å²) in [5, 5.41) is 0.906. The Balaban J connectivity index is 1.45. The zero-order valence-corrected chi connectivity index (χ0v) is 15.3. The molecule has 5 heteroatoms. The van der Waals surface area contributed by atoms with E-state index in [-0.39, 0.29) is 0 Å². The molecule has 0 atom stereocenters. The summed E-state index contributed by atoms with van der Waals surface area (Å²) in [7, 11) is 0. The fourth-order valence-electron chi connectivity index (χ4n) is 2.73. The number of H-pyrrole nitrogens is 1. The van der Waals surface area contributed by atoms with Gasteiger partial charge in [-0.2, -0.15) is 0 Å². The molecule has 0 aliphatic carbocycles. The van der Waals surface area contributed by atoms with Gasteiger partial charge in [0.05, 0.1) is 16.7 Å². The number of fused-ring (bicyclic) bond motifs is 1. The van der Waals surface area contributed by atoms with E-state index in [1.165, 1.54) is 0 Å². The van der Waals surface area contributed by atoms with E-state index in [4.69, 9.17) is 4.74 Å². The van der Waals surface area contributed by atoms with Crippen LogP contribution in [-0.2, 0) is 12.4 Å². The van der Waals surface area contributed by atoms with Crippen molar-refractivity contribution in [2.45, 2.75) is 24.4 Å². The number of benzene rings is 2. The number of nitrogens with one attached hydrogen (secondary N) is 1. The van der Waals surface area contributed by atoms with Crippen molar-refractivity contribution in [2.24, 2.45) is 0 Å². The molecule has 2 aromatic heterocycles. The van der Waals surface area contributed by atoms with Crippen molar-refractivity contribution in [3.05, 3.63) is 83.7 Å². The maximum Gasteiger partial charge on any atom is 0.166 e. The van der Waals surface area contributed by atoms with Gasteiger partial charge in [0.15, 0.2) is 5.16 Å². The average molecular weight is 361 g/mol. The van der Waals surface area contributed by atoms with Crippen molar-refractivity contribution in [1.29, 1.82) is 0 Å². The molecule has 26 heavy (non-hydrogen) atoms. The van der Waals surface area contributed by atoms with Crippen LogP contribution in [0.15, 0.2) is 72.0 Å². The van der Waals surface area contributed by atoms with Crippen molar-refractivity contribution in [3.8, 4) is 5.75 Å². The molecule has 0 amide bonds. The quantitative estimate of drug-likeness (QED) is 0.483. The van der Waals surface area contributed by atoms with Crippen LogP contribution < -0.4 is 4.74 Å². The van der Waals surface area contributed by atoms with Crippen molar-refractivity contribution in [3.63, 3.8) is 0 Å². The fraction of sp³-hybridized carbons (Fsp3) is 0.143. The Morgan fingerprint density at radius 1 is 1.00 bits per heavy atom. The molecule has 0 spiro atoms. The van der Waals surface area contributed by atoms with Crippen LogP contribution in [0.5, 0.6) is 5.75 Å². The van der Waals surface area contributed by atoms with E-state index in [9.17, 15) is 0 Å². The normalized spacial score (nSPS) is 11.0. The van der Waals surface area contributed by atoms with Gasteiger partial charge in [-0.25, -0.2) is 4.98 Å². The molecule has 0 fully saturated rings. The first kappa shape index (κ1) is 16.7. The molecular formula is C21H19N3OS. The van der Waals surface area contributed by atoms with Gasteiger partial charge in [-0.05, 0) is 30.7 Å². The SMILES string of the molecule is Cc1c(OCc2ccccc2)ccnc1CSc1nc2ccccc2[nH]1. The lowest BCUT2D eigenvalue weighted by molar-refractivity contribution is 0.303. The minimum atomic E-state index is 0.557. The molecule has 130 valence electrons. The van der Waals surface area contributed by atoms with Crippen LogP contribution in [0.25, 0.3) is 11.0 Å². The van der Waals surface area contributed by atoms with Crippen LogP contribution >= 0.6 is 11.8 Å². The summed E-state index contributed by atoms with van der Waals surface area (Å²) in [4.78, 5) is 12.5. The monoisotopic (exact) mass is 361 g/mol. The Morgan fingerprint density at radius 3 is 2.65 bits per heavy atom. The molecule has 0 radical (unpaired) electrons. The van der Waals surface area contributed by atoms with Crippen LogP contribution in [0.1, 0.15) is 16.8 Å². The molecule has 0 saturated heterocycles. The third kappa shape index (κ3) is 3.73. The number of hydrogen-bond acceptors (Lipinski definition) is 4. The number of hydrogen-bond donors (Lipinski definition) is 1. The van der Waals surface area contributed by atoms with Crippen LogP contribution in [0.3, 0.4) is 0 Å². The van der Waals surface area contributed by atoms with Crippen molar-refractivity contribution in [1.82, 2.24) is 15.0 Å². The third-order valence-corrected chi connectivity index (χ3v) is 5.09. The van der Waals surface area contributed by atoms with Gasteiger partial charge in [0.1, 0.15) is 12.4 Å². The lowest BCUT2D eigenvalue weighted by atomic mass is 10.2. The van der Waals surface area contributed by atoms with E-state index in [1.54, 1.807) is 11.8 Å². The number of rotatable bonds is 6. The maximum absolute atomic E-state index is 5.99. The van der Waals surface area contributed by atoms with Crippen LogP contribution in [0.2, 0.25) is 0 Å². The number of aromatic amines is 1. The highest BCUT2D eigenvalue weighted by Gasteiger charge is 2.09. The van der Waals surface area contributed by atoms with E-state index >= 15 is 0 Å². The Bertz CT molecular complexity index is 981. The zero-order valence-electron chi connectivity index (χ0n) is 14.5. The molecular weight excluding hydrogens is 342 g/mol. The van der Waals surface area contributed by atoms with Gasteiger partial charge in [-0.3, -0.25) is 4.98 Å².